The Hall–Kier alpha value is -1.76. The number of aromatic hydroxyl groups is 1. The van der Waals surface area contributed by atoms with Crippen LogP contribution in [0.25, 0.3) is 32.5 Å². The fourth-order valence-electron chi connectivity index (χ4n) is 4.22. The molecule has 0 atom stereocenters. The maximum atomic E-state index is 13.4. The fraction of sp³-hybridized carbons (Fsp3) is 0.174. The first kappa shape index (κ1) is 21.5. The van der Waals surface area contributed by atoms with E-state index in [4.69, 9.17) is 11.6 Å². The first-order valence-corrected chi connectivity index (χ1v) is 10.7. The van der Waals surface area contributed by atoms with Gasteiger partial charge in [0.15, 0.2) is 0 Å². The summed E-state index contributed by atoms with van der Waals surface area (Å²) in [6.07, 6.45) is 3.89. The van der Waals surface area contributed by atoms with Crippen LogP contribution in [-0.4, -0.2) is 10.1 Å². The number of hydrogen-bond acceptors (Lipinski definition) is 4. The minimum atomic E-state index is -0.437. The molecule has 0 amide bonds. The minimum Gasteiger partial charge on any atom is -0.871 e. The van der Waals surface area contributed by atoms with Crippen molar-refractivity contribution in [2.45, 2.75) is 25.7 Å². The summed E-state index contributed by atoms with van der Waals surface area (Å²) in [6.45, 7) is 0. The summed E-state index contributed by atoms with van der Waals surface area (Å²) in [6, 6.07) is 12.7. The monoisotopic (exact) mass is 445 g/mol. The molecule has 2 aromatic heterocycles. The summed E-state index contributed by atoms with van der Waals surface area (Å²) in [5, 5.41) is 24.7. The van der Waals surface area contributed by atoms with Crippen molar-refractivity contribution in [1.82, 2.24) is 4.98 Å². The topological polar surface area (TPSA) is 76.2 Å². The van der Waals surface area contributed by atoms with Gasteiger partial charge >= 0.3 is 29.6 Å². The van der Waals surface area contributed by atoms with Crippen LogP contribution in [0.1, 0.15) is 24.0 Å². The number of rotatable bonds is 2. The van der Waals surface area contributed by atoms with Crippen molar-refractivity contribution in [2.75, 3.05) is 0 Å². The van der Waals surface area contributed by atoms with Gasteiger partial charge in [-0.1, -0.05) is 59.8 Å². The van der Waals surface area contributed by atoms with Gasteiger partial charge in [0, 0.05) is 22.1 Å². The van der Waals surface area contributed by atoms with Crippen LogP contribution in [0.4, 0.5) is 0 Å². The number of thiophene rings is 1. The van der Waals surface area contributed by atoms with E-state index in [9.17, 15) is 15.0 Å². The van der Waals surface area contributed by atoms with E-state index in [1.165, 1.54) is 0 Å². The number of hydrogen-bond donors (Lipinski definition) is 2. The van der Waals surface area contributed by atoms with Crippen LogP contribution < -0.4 is 40.2 Å². The van der Waals surface area contributed by atoms with Crippen LogP contribution in [0.5, 0.6) is 11.5 Å². The van der Waals surface area contributed by atoms with E-state index in [-0.39, 0.29) is 46.6 Å². The van der Waals surface area contributed by atoms with E-state index in [0.29, 0.717) is 31.2 Å². The second-order valence-corrected chi connectivity index (χ2v) is 8.91. The Bertz CT molecular complexity index is 1310. The molecule has 0 radical (unpaired) electrons. The van der Waals surface area contributed by atoms with Crippen LogP contribution in [0.3, 0.4) is 0 Å². The molecule has 5 rings (SSSR count). The Morgan fingerprint density at radius 3 is 2.53 bits per heavy atom. The number of H-pyrrole nitrogens is 1. The molecule has 0 bridgehead atoms. The number of nitrogens with one attached hydrogen (secondary N) is 1. The predicted molar refractivity (Wildman–Crippen MR) is 116 cm³/mol. The first-order chi connectivity index (χ1) is 14.1. The Morgan fingerprint density at radius 2 is 1.77 bits per heavy atom. The van der Waals surface area contributed by atoms with Gasteiger partial charge in [-0.15, -0.1) is 11.3 Å². The Balaban J connectivity index is 0.00000218. The first-order valence-electron chi connectivity index (χ1n) is 9.51. The number of aryl methyl sites for hydroxylation is 1. The van der Waals surface area contributed by atoms with Crippen LogP contribution in [0.2, 0.25) is 4.34 Å². The molecule has 4 aromatic rings. The molecular formula is C23H17ClNNaO3S. The maximum Gasteiger partial charge on any atom is 1.00 e. The second kappa shape index (κ2) is 8.40. The largest absolute Gasteiger partial charge is 1.00 e. The molecule has 2 N–H and O–H groups in total. The van der Waals surface area contributed by atoms with Crippen molar-refractivity contribution < 1.29 is 39.8 Å². The molecule has 0 unspecified atom stereocenters. The molecule has 4 nitrogen and oxygen atoms in total. The van der Waals surface area contributed by atoms with Crippen molar-refractivity contribution in [1.29, 1.82) is 0 Å². The van der Waals surface area contributed by atoms with Gasteiger partial charge < -0.3 is 15.2 Å². The number of phenolic OH excluding ortho intramolecular Hbond substituents is 1. The van der Waals surface area contributed by atoms with E-state index in [2.05, 4.69) is 4.98 Å². The van der Waals surface area contributed by atoms with Crippen LogP contribution in [0, 0.1) is 0 Å². The minimum absolute atomic E-state index is 0. The van der Waals surface area contributed by atoms with Crippen molar-refractivity contribution >= 4 is 33.2 Å². The third-order valence-corrected chi connectivity index (χ3v) is 6.92. The van der Waals surface area contributed by atoms with Gasteiger partial charge in [0.05, 0.1) is 0 Å². The molecule has 2 aromatic carbocycles. The van der Waals surface area contributed by atoms with Crippen molar-refractivity contribution in [3.05, 3.63) is 68.3 Å². The molecule has 146 valence electrons. The van der Waals surface area contributed by atoms with Gasteiger partial charge in [-0.3, -0.25) is 4.79 Å². The molecule has 0 saturated carbocycles. The van der Waals surface area contributed by atoms with Gasteiger partial charge in [-0.25, -0.2) is 0 Å². The number of pyridine rings is 1. The van der Waals surface area contributed by atoms with Gasteiger partial charge in [0.1, 0.15) is 14.9 Å². The zero-order valence-electron chi connectivity index (χ0n) is 16.4. The molecule has 0 aliphatic heterocycles. The molecule has 1 aliphatic rings. The van der Waals surface area contributed by atoms with Crippen LogP contribution in [0.15, 0.2) is 47.3 Å². The van der Waals surface area contributed by atoms with Gasteiger partial charge in [-0.05, 0) is 42.4 Å². The Kier molecular flexibility index (Phi) is 6.02. The summed E-state index contributed by atoms with van der Waals surface area (Å²) in [4.78, 5) is 15.9. The van der Waals surface area contributed by atoms with Gasteiger partial charge in [0.25, 0.3) is 5.56 Å². The summed E-state index contributed by atoms with van der Waals surface area (Å²) in [7, 11) is 0. The zero-order valence-corrected chi connectivity index (χ0v) is 20.0. The maximum absolute atomic E-state index is 13.4. The number of benzene rings is 2. The second-order valence-electron chi connectivity index (χ2n) is 7.29. The van der Waals surface area contributed by atoms with Crippen molar-refractivity contribution in [2.24, 2.45) is 0 Å². The average Bonchev–Trinajstić information content (AvgIpc) is 3.05. The number of fused-ring (bicyclic) bond motifs is 2. The summed E-state index contributed by atoms with van der Waals surface area (Å²) < 4.78 is 0.379. The smallest absolute Gasteiger partial charge is 0.871 e. The van der Waals surface area contributed by atoms with Crippen molar-refractivity contribution in [3.8, 4) is 33.8 Å². The van der Waals surface area contributed by atoms with E-state index < -0.39 is 5.56 Å². The molecule has 0 spiro atoms. The SMILES string of the molecule is O=c1[nH]c2sc(Cl)c(-c3ccc4c(c3O)CCCC4)c2c([O-])c1-c1ccccc1.[Na+]. The fourth-order valence-corrected chi connectivity index (χ4v) is 5.58. The van der Waals surface area contributed by atoms with E-state index in [1.807, 2.05) is 18.2 Å². The number of aromatic nitrogens is 1. The Labute approximate surface area is 204 Å². The molecule has 1 aliphatic carbocycles. The third-order valence-electron chi connectivity index (χ3n) is 5.61. The molecule has 2 heterocycles. The number of halogens is 1. The summed E-state index contributed by atoms with van der Waals surface area (Å²) >= 11 is 7.68. The quantitative estimate of drug-likeness (QED) is 0.465. The molecule has 30 heavy (non-hydrogen) atoms. The zero-order chi connectivity index (χ0) is 20.1. The van der Waals surface area contributed by atoms with Crippen molar-refractivity contribution in [3.63, 3.8) is 0 Å². The van der Waals surface area contributed by atoms with Crippen LogP contribution >= 0.6 is 22.9 Å². The van der Waals surface area contributed by atoms with Gasteiger partial charge in [0.2, 0.25) is 0 Å². The van der Waals surface area contributed by atoms with Crippen LogP contribution in [-0.2, 0) is 12.8 Å². The Morgan fingerprint density at radius 1 is 1.03 bits per heavy atom. The van der Waals surface area contributed by atoms with E-state index in [0.717, 1.165) is 48.1 Å². The molecule has 7 heteroatoms. The average molecular weight is 446 g/mol. The van der Waals surface area contributed by atoms with Gasteiger partial charge in [-0.2, -0.15) is 0 Å². The normalized spacial score (nSPS) is 13.1. The molecule has 0 saturated heterocycles. The predicted octanol–water partition coefficient (Wildman–Crippen LogP) is 2.24. The number of phenols is 1. The summed E-state index contributed by atoms with van der Waals surface area (Å²) in [5.41, 5.74) is 3.34. The third kappa shape index (κ3) is 3.39. The van der Waals surface area contributed by atoms with E-state index in [1.54, 1.807) is 24.3 Å². The summed E-state index contributed by atoms with van der Waals surface area (Å²) in [5.74, 6) is -0.180. The van der Waals surface area contributed by atoms with E-state index >= 15 is 0 Å². The molecule has 0 fully saturated rings. The number of aromatic amines is 1. The standard InChI is InChI=1S/C23H18ClNO3S.Na/c24-21-17(15-11-10-12-6-4-5-9-14(12)19(15)26)18-20(27)16(13-7-2-1-3-8-13)22(28)25-23(18)29-21;/h1-3,7-8,10-11,26H,4-6,9H2,(H2,25,27,28);/q;+1/p-1. The molecular weight excluding hydrogens is 429 g/mol.